The smallest absolute Gasteiger partial charge is 0.0573 e. The van der Waals surface area contributed by atoms with Gasteiger partial charge in [0.2, 0.25) is 0 Å². The molecule has 0 aliphatic carbocycles. The Hall–Kier alpha value is -0.0400. The first-order valence-corrected chi connectivity index (χ1v) is 3.52. The molecule has 0 bridgehead atoms. The molecule has 1 unspecified atom stereocenters. The third kappa shape index (κ3) is 4.46. The summed E-state index contributed by atoms with van der Waals surface area (Å²) >= 11 is 0. The zero-order valence-electron chi connectivity index (χ0n) is 6.68. The summed E-state index contributed by atoms with van der Waals surface area (Å²) in [5.41, 5.74) is 0. The predicted octanol–water partition coefficient (Wildman–Crippen LogP) is 2.27. The molecular weight excluding hydrogens is 112 g/mol. The van der Waals surface area contributed by atoms with Crippen molar-refractivity contribution in [2.75, 3.05) is 7.11 Å². The molecule has 0 saturated carbocycles. The van der Waals surface area contributed by atoms with Crippen molar-refractivity contribution in [2.45, 2.75) is 32.8 Å². The Kier molecular flexibility index (Phi) is 4.78. The fourth-order valence-corrected chi connectivity index (χ4v) is 0.858. The molecule has 0 fully saturated rings. The van der Waals surface area contributed by atoms with E-state index in [1.165, 1.54) is 0 Å². The van der Waals surface area contributed by atoms with E-state index in [0.717, 1.165) is 18.8 Å². The summed E-state index contributed by atoms with van der Waals surface area (Å²) in [6, 6.07) is 0. The quantitative estimate of drug-likeness (QED) is 0.565. The van der Waals surface area contributed by atoms with E-state index in [4.69, 9.17) is 4.74 Å². The minimum atomic E-state index is 0.366. The summed E-state index contributed by atoms with van der Waals surface area (Å²) < 4.78 is 5.15. The Morgan fingerprint density at radius 2 is 2.00 bits per heavy atom. The van der Waals surface area contributed by atoms with Crippen molar-refractivity contribution < 1.29 is 4.74 Å². The predicted molar refractivity (Wildman–Crippen MR) is 40.2 cm³/mol. The van der Waals surface area contributed by atoms with Crippen LogP contribution in [0.3, 0.4) is 0 Å². The highest BCUT2D eigenvalue weighted by atomic mass is 16.5. The van der Waals surface area contributed by atoms with Gasteiger partial charge in [0.15, 0.2) is 0 Å². The van der Waals surface area contributed by atoms with Gasteiger partial charge < -0.3 is 4.74 Å². The van der Waals surface area contributed by atoms with Gasteiger partial charge in [-0.2, -0.15) is 0 Å². The monoisotopic (exact) mass is 129 g/mol. The Morgan fingerprint density at radius 3 is 2.11 bits per heavy atom. The lowest BCUT2D eigenvalue weighted by Crippen LogP contribution is -2.11. The zero-order chi connectivity index (χ0) is 7.28. The van der Waals surface area contributed by atoms with Gasteiger partial charge >= 0.3 is 0 Å². The second-order valence-corrected chi connectivity index (χ2v) is 2.78. The molecular formula is C8H17O. The average molecular weight is 129 g/mol. The van der Waals surface area contributed by atoms with Gasteiger partial charge in [0.25, 0.3) is 0 Å². The second kappa shape index (κ2) is 4.80. The van der Waals surface area contributed by atoms with E-state index in [-0.39, 0.29) is 0 Å². The minimum absolute atomic E-state index is 0.366. The maximum atomic E-state index is 5.15. The topological polar surface area (TPSA) is 9.23 Å². The van der Waals surface area contributed by atoms with E-state index in [1.54, 1.807) is 7.11 Å². The van der Waals surface area contributed by atoms with Gasteiger partial charge in [0.05, 0.1) is 6.10 Å². The average Bonchev–Trinajstić information content (AvgIpc) is 1.82. The van der Waals surface area contributed by atoms with Crippen LogP contribution in [0.5, 0.6) is 0 Å². The number of ether oxygens (including phenoxy) is 1. The maximum absolute atomic E-state index is 5.15. The SMILES string of the molecule is [CH2]CC(CC(C)C)OC. The lowest BCUT2D eigenvalue weighted by atomic mass is 10.0. The molecule has 1 nitrogen and oxygen atoms in total. The van der Waals surface area contributed by atoms with Gasteiger partial charge in [-0.3, -0.25) is 0 Å². The summed E-state index contributed by atoms with van der Waals surface area (Å²) in [6.07, 6.45) is 2.37. The molecule has 0 aromatic rings. The van der Waals surface area contributed by atoms with Gasteiger partial charge in [-0.15, -0.1) is 0 Å². The molecule has 1 atom stereocenters. The highest BCUT2D eigenvalue weighted by Crippen LogP contribution is 2.09. The van der Waals surface area contributed by atoms with Crippen LogP contribution in [0.25, 0.3) is 0 Å². The van der Waals surface area contributed by atoms with Gasteiger partial charge in [-0.05, 0) is 18.8 Å². The summed E-state index contributed by atoms with van der Waals surface area (Å²) in [4.78, 5) is 0. The zero-order valence-corrected chi connectivity index (χ0v) is 6.68. The molecule has 0 rings (SSSR count). The van der Waals surface area contributed by atoms with Crippen LogP contribution < -0.4 is 0 Å². The van der Waals surface area contributed by atoms with Crippen LogP contribution in [0, 0.1) is 12.8 Å². The summed E-state index contributed by atoms with van der Waals surface area (Å²) in [6.45, 7) is 8.18. The van der Waals surface area contributed by atoms with Gasteiger partial charge in [-0.25, -0.2) is 0 Å². The normalized spacial score (nSPS) is 14.3. The van der Waals surface area contributed by atoms with Crippen molar-refractivity contribution in [3.8, 4) is 0 Å². The van der Waals surface area contributed by atoms with Crippen molar-refractivity contribution >= 4 is 0 Å². The Morgan fingerprint density at radius 1 is 1.44 bits per heavy atom. The van der Waals surface area contributed by atoms with E-state index in [2.05, 4.69) is 20.8 Å². The van der Waals surface area contributed by atoms with E-state index in [0.29, 0.717) is 6.10 Å². The van der Waals surface area contributed by atoms with Crippen molar-refractivity contribution in [1.29, 1.82) is 0 Å². The van der Waals surface area contributed by atoms with Crippen molar-refractivity contribution in [3.63, 3.8) is 0 Å². The van der Waals surface area contributed by atoms with E-state index in [9.17, 15) is 0 Å². The third-order valence-corrected chi connectivity index (χ3v) is 1.39. The van der Waals surface area contributed by atoms with Crippen LogP contribution >= 0.6 is 0 Å². The Balaban J connectivity index is 3.31. The maximum Gasteiger partial charge on any atom is 0.0573 e. The molecule has 0 aromatic heterocycles. The van der Waals surface area contributed by atoms with Crippen LogP contribution in [-0.2, 0) is 4.74 Å². The highest BCUT2D eigenvalue weighted by Gasteiger charge is 2.05. The molecule has 1 radical (unpaired) electrons. The first-order chi connectivity index (χ1) is 4.20. The molecule has 55 valence electrons. The van der Waals surface area contributed by atoms with Crippen molar-refractivity contribution in [2.24, 2.45) is 5.92 Å². The van der Waals surface area contributed by atoms with Gasteiger partial charge in [0, 0.05) is 7.11 Å². The first kappa shape index (κ1) is 8.96. The standard InChI is InChI=1S/C8H17O/c1-5-8(9-4)6-7(2)3/h7-8H,1,5-6H2,2-4H3. The third-order valence-electron chi connectivity index (χ3n) is 1.39. The van der Waals surface area contributed by atoms with Crippen molar-refractivity contribution in [1.82, 2.24) is 0 Å². The molecule has 9 heavy (non-hydrogen) atoms. The van der Waals surface area contributed by atoms with E-state index < -0.39 is 0 Å². The molecule has 0 saturated heterocycles. The molecule has 0 spiro atoms. The van der Waals surface area contributed by atoms with Gasteiger partial charge in [0.1, 0.15) is 0 Å². The summed E-state index contributed by atoms with van der Waals surface area (Å²) in [5, 5.41) is 0. The van der Waals surface area contributed by atoms with Crippen LogP contribution in [0.15, 0.2) is 0 Å². The fourth-order valence-electron chi connectivity index (χ4n) is 0.858. The first-order valence-electron chi connectivity index (χ1n) is 3.52. The molecule has 0 amide bonds. The lowest BCUT2D eigenvalue weighted by Gasteiger charge is -2.14. The molecule has 0 aromatic carbocycles. The lowest BCUT2D eigenvalue weighted by molar-refractivity contribution is 0.0864. The van der Waals surface area contributed by atoms with E-state index >= 15 is 0 Å². The number of rotatable bonds is 4. The largest absolute Gasteiger partial charge is 0.381 e. The summed E-state index contributed by atoms with van der Waals surface area (Å²) in [7, 11) is 1.75. The summed E-state index contributed by atoms with van der Waals surface area (Å²) in [5.74, 6) is 0.719. The van der Waals surface area contributed by atoms with Crippen molar-refractivity contribution in [3.05, 3.63) is 6.92 Å². The van der Waals surface area contributed by atoms with Crippen LogP contribution in [0.1, 0.15) is 26.7 Å². The van der Waals surface area contributed by atoms with E-state index in [1.807, 2.05) is 0 Å². The minimum Gasteiger partial charge on any atom is -0.381 e. The Bertz CT molecular complexity index is 55.6. The molecule has 0 aliphatic heterocycles. The van der Waals surface area contributed by atoms with Crippen LogP contribution in [0.2, 0.25) is 0 Å². The number of hydrogen-bond donors (Lipinski definition) is 0. The van der Waals surface area contributed by atoms with Crippen LogP contribution in [-0.4, -0.2) is 13.2 Å². The second-order valence-electron chi connectivity index (χ2n) is 2.78. The molecule has 1 heteroatoms. The molecule has 0 N–H and O–H groups in total. The highest BCUT2D eigenvalue weighted by molar-refractivity contribution is 4.60. The van der Waals surface area contributed by atoms with Gasteiger partial charge in [-0.1, -0.05) is 20.8 Å². The Labute approximate surface area is 58.4 Å². The van der Waals surface area contributed by atoms with Crippen LogP contribution in [0.4, 0.5) is 0 Å². The molecule has 0 aliphatic rings. The fraction of sp³-hybridized carbons (Fsp3) is 0.875. The number of methoxy groups -OCH3 is 1. The molecule has 0 heterocycles. The number of hydrogen-bond acceptors (Lipinski definition) is 1.